The summed E-state index contributed by atoms with van der Waals surface area (Å²) in [5.41, 5.74) is 1.38. The molecule has 4 heteroatoms. The molecule has 0 saturated carbocycles. The molecule has 4 nitrogen and oxygen atoms in total. The molecule has 2 aromatic rings. The van der Waals surface area contributed by atoms with E-state index >= 15 is 0 Å². The fourth-order valence-corrected chi connectivity index (χ4v) is 1.76. The molecule has 0 N–H and O–H groups in total. The Morgan fingerprint density at radius 1 is 1.29 bits per heavy atom. The molecule has 0 aliphatic heterocycles. The quantitative estimate of drug-likeness (QED) is 0.793. The summed E-state index contributed by atoms with van der Waals surface area (Å²) in [6, 6.07) is 9.94. The maximum absolute atomic E-state index is 11.4. The standard InChI is InChI=1S/C17H19NO3/c1-17(2,3)21-16(19)20-10-6-7-13-11-14-8-4-5-9-15(14)18-12-13/h4-9,11-12H,10H2,1-3H3. The van der Waals surface area contributed by atoms with Gasteiger partial charge in [0.15, 0.2) is 0 Å². The molecule has 1 heterocycles. The van der Waals surface area contributed by atoms with Crippen molar-refractivity contribution in [2.75, 3.05) is 6.61 Å². The molecule has 1 aromatic carbocycles. The molecule has 0 atom stereocenters. The van der Waals surface area contributed by atoms with Gasteiger partial charge in [0, 0.05) is 11.6 Å². The van der Waals surface area contributed by atoms with Crippen LogP contribution in [-0.4, -0.2) is 23.3 Å². The van der Waals surface area contributed by atoms with E-state index < -0.39 is 11.8 Å². The normalized spacial score (nSPS) is 11.8. The second kappa shape index (κ2) is 6.39. The molecule has 0 unspecified atom stereocenters. The first-order valence-corrected chi connectivity index (χ1v) is 6.81. The van der Waals surface area contributed by atoms with Gasteiger partial charge in [0.05, 0.1) is 5.52 Å². The van der Waals surface area contributed by atoms with Crippen molar-refractivity contribution in [3.05, 3.63) is 48.2 Å². The van der Waals surface area contributed by atoms with Crippen LogP contribution >= 0.6 is 0 Å². The van der Waals surface area contributed by atoms with Crippen molar-refractivity contribution in [3.8, 4) is 0 Å². The van der Waals surface area contributed by atoms with Gasteiger partial charge in [-0.1, -0.05) is 24.3 Å². The smallest absolute Gasteiger partial charge is 0.430 e. The highest BCUT2D eigenvalue weighted by Crippen LogP contribution is 2.13. The van der Waals surface area contributed by atoms with Crippen LogP contribution in [0.3, 0.4) is 0 Å². The maximum Gasteiger partial charge on any atom is 0.509 e. The number of fused-ring (bicyclic) bond motifs is 1. The van der Waals surface area contributed by atoms with Crippen molar-refractivity contribution in [1.29, 1.82) is 0 Å². The predicted molar refractivity (Wildman–Crippen MR) is 83.0 cm³/mol. The fraction of sp³-hybridized carbons (Fsp3) is 0.294. The van der Waals surface area contributed by atoms with E-state index in [4.69, 9.17) is 9.47 Å². The summed E-state index contributed by atoms with van der Waals surface area (Å²) in [7, 11) is 0. The van der Waals surface area contributed by atoms with Gasteiger partial charge in [-0.05, 0) is 44.5 Å². The van der Waals surface area contributed by atoms with Crippen molar-refractivity contribution in [3.63, 3.8) is 0 Å². The van der Waals surface area contributed by atoms with E-state index in [-0.39, 0.29) is 6.61 Å². The van der Waals surface area contributed by atoms with Crippen LogP contribution < -0.4 is 0 Å². The van der Waals surface area contributed by atoms with Gasteiger partial charge in [-0.2, -0.15) is 0 Å². The van der Waals surface area contributed by atoms with Gasteiger partial charge < -0.3 is 9.47 Å². The highest BCUT2D eigenvalue weighted by molar-refractivity contribution is 5.80. The van der Waals surface area contributed by atoms with Crippen molar-refractivity contribution >= 4 is 23.1 Å². The summed E-state index contributed by atoms with van der Waals surface area (Å²) < 4.78 is 10.00. The average molecular weight is 285 g/mol. The second-order valence-electron chi connectivity index (χ2n) is 5.64. The maximum atomic E-state index is 11.4. The highest BCUT2D eigenvalue weighted by Gasteiger charge is 2.16. The first-order chi connectivity index (χ1) is 9.94. The lowest BCUT2D eigenvalue weighted by molar-refractivity contribution is -0.00234. The van der Waals surface area contributed by atoms with Crippen molar-refractivity contribution in [1.82, 2.24) is 4.98 Å². The third kappa shape index (κ3) is 4.91. The Balaban J connectivity index is 1.90. The van der Waals surface area contributed by atoms with Crippen molar-refractivity contribution < 1.29 is 14.3 Å². The lowest BCUT2D eigenvalue weighted by Crippen LogP contribution is -2.24. The molecule has 0 spiro atoms. The zero-order valence-corrected chi connectivity index (χ0v) is 12.5. The zero-order valence-electron chi connectivity index (χ0n) is 12.5. The Kier molecular flexibility index (Phi) is 4.58. The first kappa shape index (κ1) is 15.0. The largest absolute Gasteiger partial charge is 0.509 e. The number of benzene rings is 1. The molecular formula is C17H19NO3. The van der Waals surface area contributed by atoms with E-state index in [1.54, 1.807) is 33.0 Å². The Morgan fingerprint density at radius 3 is 2.81 bits per heavy atom. The van der Waals surface area contributed by atoms with Crippen LogP contribution in [0.25, 0.3) is 17.0 Å². The van der Waals surface area contributed by atoms with Crippen LogP contribution in [0.5, 0.6) is 0 Å². The number of carbonyl (C=O) groups excluding carboxylic acids is 1. The van der Waals surface area contributed by atoms with Gasteiger partial charge in [0.1, 0.15) is 12.2 Å². The van der Waals surface area contributed by atoms with Crippen LogP contribution in [0.1, 0.15) is 26.3 Å². The van der Waals surface area contributed by atoms with Crippen molar-refractivity contribution in [2.24, 2.45) is 0 Å². The molecule has 0 fully saturated rings. The molecule has 110 valence electrons. The van der Waals surface area contributed by atoms with Gasteiger partial charge in [-0.25, -0.2) is 4.79 Å². The van der Waals surface area contributed by atoms with Crippen LogP contribution in [0, 0.1) is 0 Å². The number of hydrogen-bond donors (Lipinski definition) is 0. The number of hydrogen-bond acceptors (Lipinski definition) is 4. The molecule has 2 rings (SSSR count). The molecule has 0 radical (unpaired) electrons. The Labute approximate surface area is 124 Å². The van der Waals surface area contributed by atoms with E-state index in [0.717, 1.165) is 16.5 Å². The highest BCUT2D eigenvalue weighted by atomic mass is 16.7. The SMILES string of the molecule is CC(C)(C)OC(=O)OCC=Cc1cnc2ccccc2c1. The number of nitrogens with zero attached hydrogens (tertiary/aromatic N) is 1. The molecular weight excluding hydrogens is 266 g/mol. The van der Waals surface area contributed by atoms with E-state index in [1.165, 1.54) is 0 Å². The number of ether oxygens (including phenoxy) is 2. The third-order valence-corrected chi connectivity index (χ3v) is 2.61. The minimum atomic E-state index is -0.663. The molecule has 0 saturated heterocycles. The summed E-state index contributed by atoms with van der Waals surface area (Å²) in [5.74, 6) is 0. The van der Waals surface area contributed by atoms with Crippen LogP contribution in [0.15, 0.2) is 42.6 Å². The van der Waals surface area contributed by atoms with Crippen LogP contribution in [-0.2, 0) is 9.47 Å². The Morgan fingerprint density at radius 2 is 2.05 bits per heavy atom. The summed E-state index contributed by atoms with van der Waals surface area (Å²) >= 11 is 0. The molecule has 21 heavy (non-hydrogen) atoms. The van der Waals surface area contributed by atoms with Crippen LogP contribution in [0.2, 0.25) is 0 Å². The number of pyridine rings is 1. The Bertz CT molecular complexity index is 656. The number of aromatic nitrogens is 1. The van der Waals surface area contributed by atoms with Gasteiger partial charge in [0.2, 0.25) is 0 Å². The minimum absolute atomic E-state index is 0.168. The summed E-state index contributed by atoms with van der Waals surface area (Å²) in [4.78, 5) is 15.7. The fourth-order valence-electron chi connectivity index (χ4n) is 1.76. The zero-order chi connectivity index (χ0) is 15.3. The third-order valence-electron chi connectivity index (χ3n) is 2.61. The molecule has 0 aliphatic carbocycles. The summed E-state index contributed by atoms with van der Waals surface area (Å²) in [5, 5.41) is 1.08. The summed E-state index contributed by atoms with van der Waals surface area (Å²) in [6.45, 7) is 5.56. The van der Waals surface area contributed by atoms with E-state index in [9.17, 15) is 4.79 Å². The topological polar surface area (TPSA) is 48.4 Å². The van der Waals surface area contributed by atoms with E-state index in [1.807, 2.05) is 36.4 Å². The number of para-hydroxylation sites is 1. The van der Waals surface area contributed by atoms with Gasteiger partial charge in [0.25, 0.3) is 0 Å². The monoisotopic (exact) mass is 285 g/mol. The summed E-state index contributed by atoms with van der Waals surface area (Å²) in [6.07, 6.45) is 4.75. The first-order valence-electron chi connectivity index (χ1n) is 6.81. The van der Waals surface area contributed by atoms with Crippen LogP contribution in [0.4, 0.5) is 4.79 Å². The van der Waals surface area contributed by atoms with Gasteiger partial charge in [-0.3, -0.25) is 4.98 Å². The van der Waals surface area contributed by atoms with E-state index in [2.05, 4.69) is 4.98 Å². The number of carbonyl (C=O) groups is 1. The molecule has 1 aromatic heterocycles. The van der Waals surface area contributed by atoms with E-state index in [0.29, 0.717) is 0 Å². The lowest BCUT2D eigenvalue weighted by atomic mass is 10.1. The minimum Gasteiger partial charge on any atom is -0.430 e. The predicted octanol–water partition coefficient (Wildman–Crippen LogP) is 4.20. The molecule has 0 amide bonds. The van der Waals surface area contributed by atoms with Gasteiger partial charge >= 0.3 is 6.16 Å². The average Bonchev–Trinajstić information content (AvgIpc) is 2.41. The number of rotatable bonds is 3. The lowest BCUT2D eigenvalue weighted by Gasteiger charge is -2.18. The molecule has 0 aliphatic rings. The van der Waals surface area contributed by atoms with Crippen molar-refractivity contribution in [2.45, 2.75) is 26.4 Å². The second-order valence-corrected chi connectivity index (χ2v) is 5.64. The Hall–Kier alpha value is -2.36. The molecule has 0 bridgehead atoms. The van der Waals surface area contributed by atoms with Gasteiger partial charge in [-0.15, -0.1) is 0 Å².